The van der Waals surface area contributed by atoms with Gasteiger partial charge in [-0.15, -0.1) is 0 Å². The molecular weight excluding hydrogens is 252 g/mol. The van der Waals surface area contributed by atoms with Gasteiger partial charge in [-0.3, -0.25) is 4.79 Å². The standard InChI is InChI=1S/C16H20N2O2/c1-9-16(19)18-14-8-12(4-5-15(14)20-9)17-13-7-10-2-3-11(13)6-10/h4-5,8-11,13,17H,2-3,6-7H2,1H3,(H,18,19). The van der Waals surface area contributed by atoms with Crippen LogP contribution in [0.25, 0.3) is 0 Å². The summed E-state index contributed by atoms with van der Waals surface area (Å²) >= 11 is 0. The van der Waals surface area contributed by atoms with Gasteiger partial charge < -0.3 is 15.4 Å². The van der Waals surface area contributed by atoms with Crippen LogP contribution in [0.2, 0.25) is 0 Å². The van der Waals surface area contributed by atoms with Crippen LogP contribution in [-0.4, -0.2) is 18.1 Å². The predicted molar refractivity (Wildman–Crippen MR) is 78.0 cm³/mol. The SMILES string of the molecule is CC1Oc2ccc(NC3CC4CCC3C4)cc2NC1=O. The number of hydrogen-bond acceptors (Lipinski definition) is 3. The van der Waals surface area contributed by atoms with E-state index < -0.39 is 6.10 Å². The third-order valence-corrected chi connectivity index (χ3v) is 5.00. The zero-order chi connectivity index (χ0) is 13.7. The molecule has 4 rings (SSSR count). The Labute approximate surface area is 118 Å². The van der Waals surface area contributed by atoms with Crippen LogP contribution in [0.1, 0.15) is 32.6 Å². The molecule has 0 radical (unpaired) electrons. The fourth-order valence-electron chi connectivity index (χ4n) is 3.93. The Morgan fingerprint density at radius 1 is 1.30 bits per heavy atom. The lowest BCUT2D eigenvalue weighted by atomic mass is 9.95. The van der Waals surface area contributed by atoms with Crippen molar-refractivity contribution in [1.82, 2.24) is 0 Å². The van der Waals surface area contributed by atoms with E-state index in [1.807, 2.05) is 12.1 Å². The maximum Gasteiger partial charge on any atom is 0.265 e. The minimum Gasteiger partial charge on any atom is -0.479 e. The highest BCUT2D eigenvalue weighted by Gasteiger charge is 2.39. The first kappa shape index (κ1) is 12.1. The summed E-state index contributed by atoms with van der Waals surface area (Å²) in [6, 6.07) is 6.59. The predicted octanol–water partition coefficient (Wildman–Crippen LogP) is 3.01. The molecule has 2 N–H and O–H groups in total. The summed E-state index contributed by atoms with van der Waals surface area (Å²) in [5.74, 6) is 2.45. The topological polar surface area (TPSA) is 50.4 Å². The van der Waals surface area contributed by atoms with E-state index in [-0.39, 0.29) is 5.91 Å². The minimum absolute atomic E-state index is 0.0745. The molecule has 4 atom stereocenters. The maximum atomic E-state index is 11.7. The van der Waals surface area contributed by atoms with Gasteiger partial charge in [0.2, 0.25) is 0 Å². The van der Waals surface area contributed by atoms with Crippen LogP contribution in [0, 0.1) is 11.8 Å². The van der Waals surface area contributed by atoms with Gasteiger partial charge in [-0.1, -0.05) is 6.42 Å². The van der Waals surface area contributed by atoms with Crippen molar-refractivity contribution in [3.63, 3.8) is 0 Å². The van der Waals surface area contributed by atoms with Crippen molar-refractivity contribution in [2.75, 3.05) is 10.6 Å². The zero-order valence-electron chi connectivity index (χ0n) is 11.7. The molecular formula is C16H20N2O2. The number of benzene rings is 1. The van der Waals surface area contributed by atoms with E-state index in [1.165, 1.54) is 25.7 Å². The van der Waals surface area contributed by atoms with Crippen molar-refractivity contribution in [2.24, 2.45) is 11.8 Å². The average Bonchev–Trinajstić information content (AvgIpc) is 3.03. The van der Waals surface area contributed by atoms with Crippen LogP contribution in [0.3, 0.4) is 0 Å². The molecule has 1 aromatic rings. The highest BCUT2D eigenvalue weighted by Crippen LogP contribution is 2.45. The van der Waals surface area contributed by atoms with Crippen LogP contribution < -0.4 is 15.4 Å². The fourth-order valence-corrected chi connectivity index (χ4v) is 3.93. The number of fused-ring (bicyclic) bond motifs is 3. The summed E-state index contributed by atoms with van der Waals surface area (Å²) in [5, 5.41) is 6.55. The number of carbonyl (C=O) groups excluding carboxylic acids is 1. The van der Waals surface area contributed by atoms with Gasteiger partial charge in [0, 0.05) is 11.7 Å². The fraction of sp³-hybridized carbons (Fsp3) is 0.562. The van der Waals surface area contributed by atoms with Crippen molar-refractivity contribution < 1.29 is 9.53 Å². The molecule has 1 amide bonds. The Balaban J connectivity index is 1.52. The first-order chi connectivity index (χ1) is 9.69. The van der Waals surface area contributed by atoms with Crippen LogP contribution in [0.5, 0.6) is 5.75 Å². The monoisotopic (exact) mass is 272 g/mol. The number of anilines is 2. The van der Waals surface area contributed by atoms with Crippen molar-refractivity contribution in [3.8, 4) is 5.75 Å². The lowest BCUT2D eigenvalue weighted by molar-refractivity contribution is -0.122. The van der Waals surface area contributed by atoms with Gasteiger partial charge in [-0.25, -0.2) is 0 Å². The maximum absolute atomic E-state index is 11.7. The van der Waals surface area contributed by atoms with Gasteiger partial charge in [0.25, 0.3) is 5.91 Å². The number of carbonyl (C=O) groups is 1. The zero-order valence-corrected chi connectivity index (χ0v) is 11.7. The largest absolute Gasteiger partial charge is 0.479 e. The molecule has 1 heterocycles. The minimum atomic E-state index is -0.410. The normalized spacial score (nSPS) is 34.4. The Morgan fingerprint density at radius 2 is 2.20 bits per heavy atom. The van der Waals surface area contributed by atoms with E-state index in [0.29, 0.717) is 6.04 Å². The van der Waals surface area contributed by atoms with Crippen LogP contribution in [0.15, 0.2) is 18.2 Å². The quantitative estimate of drug-likeness (QED) is 0.870. The average molecular weight is 272 g/mol. The molecule has 2 saturated carbocycles. The molecule has 4 unspecified atom stereocenters. The summed E-state index contributed by atoms with van der Waals surface area (Å²) < 4.78 is 5.58. The second kappa shape index (κ2) is 4.40. The van der Waals surface area contributed by atoms with Gasteiger partial charge in [-0.2, -0.15) is 0 Å². The molecule has 0 spiro atoms. The second-order valence-electron chi connectivity index (χ2n) is 6.39. The second-order valence-corrected chi connectivity index (χ2v) is 6.39. The Kier molecular flexibility index (Phi) is 2.65. The number of ether oxygens (including phenoxy) is 1. The third-order valence-electron chi connectivity index (χ3n) is 5.00. The highest BCUT2D eigenvalue weighted by molar-refractivity contribution is 5.98. The summed E-state index contributed by atoms with van der Waals surface area (Å²) in [6.07, 6.45) is 5.05. The molecule has 106 valence electrons. The number of amides is 1. The van der Waals surface area contributed by atoms with E-state index in [4.69, 9.17) is 4.74 Å². The molecule has 2 bridgehead atoms. The number of hydrogen-bond donors (Lipinski definition) is 2. The third kappa shape index (κ3) is 1.94. The van der Waals surface area contributed by atoms with Crippen molar-refractivity contribution in [2.45, 2.75) is 44.8 Å². The van der Waals surface area contributed by atoms with Crippen molar-refractivity contribution in [3.05, 3.63) is 18.2 Å². The van der Waals surface area contributed by atoms with Crippen molar-refractivity contribution >= 4 is 17.3 Å². The summed E-state index contributed by atoms with van der Waals surface area (Å²) in [4.78, 5) is 11.7. The van der Waals surface area contributed by atoms with E-state index in [2.05, 4.69) is 16.7 Å². The molecule has 0 aromatic heterocycles. The summed E-state index contributed by atoms with van der Waals surface area (Å²) in [6.45, 7) is 1.76. The Hall–Kier alpha value is -1.71. The molecule has 4 heteroatoms. The van der Waals surface area contributed by atoms with Crippen molar-refractivity contribution in [1.29, 1.82) is 0 Å². The molecule has 3 aliphatic rings. The van der Waals surface area contributed by atoms with Gasteiger partial charge >= 0.3 is 0 Å². The smallest absolute Gasteiger partial charge is 0.265 e. The lowest BCUT2D eigenvalue weighted by Crippen LogP contribution is -2.34. The molecule has 1 aliphatic heterocycles. The van der Waals surface area contributed by atoms with Gasteiger partial charge in [0.15, 0.2) is 6.10 Å². The van der Waals surface area contributed by atoms with E-state index in [0.717, 1.165) is 29.0 Å². The van der Waals surface area contributed by atoms with Gasteiger partial charge in [0.1, 0.15) is 5.75 Å². The van der Waals surface area contributed by atoms with Gasteiger partial charge in [0.05, 0.1) is 5.69 Å². The Morgan fingerprint density at radius 3 is 2.95 bits per heavy atom. The van der Waals surface area contributed by atoms with Crippen LogP contribution >= 0.6 is 0 Å². The number of rotatable bonds is 2. The molecule has 1 aromatic carbocycles. The molecule has 0 saturated heterocycles. The lowest BCUT2D eigenvalue weighted by Gasteiger charge is -2.26. The Bertz CT molecular complexity index is 557. The molecule has 2 fully saturated rings. The molecule has 2 aliphatic carbocycles. The molecule has 20 heavy (non-hydrogen) atoms. The van der Waals surface area contributed by atoms with Crippen LogP contribution in [-0.2, 0) is 4.79 Å². The first-order valence-corrected chi connectivity index (χ1v) is 7.57. The van der Waals surface area contributed by atoms with E-state index in [9.17, 15) is 4.79 Å². The first-order valence-electron chi connectivity index (χ1n) is 7.57. The summed E-state index contributed by atoms with van der Waals surface area (Å²) in [5.41, 5.74) is 1.86. The highest BCUT2D eigenvalue weighted by atomic mass is 16.5. The number of nitrogens with one attached hydrogen (secondary N) is 2. The van der Waals surface area contributed by atoms with Gasteiger partial charge in [-0.05, 0) is 56.2 Å². The van der Waals surface area contributed by atoms with E-state index >= 15 is 0 Å². The van der Waals surface area contributed by atoms with E-state index in [1.54, 1.807) is 6.92 Å². The molecule has 4 nitrogen and oxygen atoms in total. The summed E-state index contributed by atoms with van der Waals surface area (Å²) in [7, 11) is 0. The van der Waals surface area contributed by atoms with Crippen LogP contribution in [0.4, 0.5) is 11.4 Å².